The lowest BCUT2D eigenvalue weighted by atomic mass is 9.88. The van der Waals surface area contributed by atoms with Crippen LogP contribution in [0.3, 0.4) is 0 Å². The first kappa shape index (κ1) is 25.9. The van der Waals surface area contributed by atoms with Gasteiger partial charge < -0.3 is 9.72 Å². The second kappa shape index (κ2) is 10.2. The van der Waals surface area contributed by atoms with Gasteiger partial charge in [0.15, 0.2) is 0 Å². The third-order valence-electron chi connectivity index (χ3n) is 7.33. The van der Waals surface area contributed by atoms with Crippen molar-refractivity contribution in [3.8, 4) is 5.75 Å². The second-order valence-corrected chi connectivity index (χ2v) is 9.96. The number of benzene rings is 2. The molecule has 1 fully saturated rings. The average Bonchev–Trinajstić information content (AvgIpc) is 3.17. The van der Waals surface area contributed by atoms with E-state index in [1.165, 1.54) is 4.90 Å². The van der Waals surface area contributed by atoms with Crippen molar-refractivity contribution >= 4 is 10.9 Å². The minimum atomic E-state index is -4.40. The van der Waals surface area contributed by atoms with Crippen molar-refractivity contribution in [2.24, 2.45) is 0 Å². The molecule has 1 saturated heterocycles. The molecule has 200 valence electrons. The highest BCUT2D eigenvalue weighted by Gasteiger charge is 2.41. The number of aromatic nitrogens is 1. The summed E-state index contributed by atoms with van der Waals surface area (Å²) in [7, 11) is 0. The standard InChI is InChI=1S/C27H29F6N3O/c1-16-11-20-19-5-2-3-6-23(19)34-25(20)26(36(16)10-7-27(31,32)33)24-21(29)12-17(13-22(24)30)37-18-14-35(15-18)9-4-8-28/h2-3,5-6,12-13,16,18,26,34H,4,7-11,14-15H2,1H3/t16-,26-/m1/s1. The summed E-state index contributed by atoms with van der Waals surface area (Å²) >= 11 is 0. The van der Waals surface area contributed by atoms with Crippen molar-refractivity contribution in [1.29, 1.82) is 0 Å². The highest BCUT2D eigenvalue weighted by Crippen LogP contribution is 2.43. The molecule has 4 nitrogen and oxygen atoms in total. The topological polar surface area (TPSA) is 31.5 Å². The molecule has 2 aromatic carbocycles. The SMILES string of the molecule is C[C@@H]1Cc2c([nH]c3ccccc23)[C@@H](c2c(F)cc(OC3CN(CCCF)C3)cc2F)N1CCC(F)(F)F. The molecule has 0 unspecified atom stereocenters. The van der Waals surface area contributed by atoms with Gasteiger partial charge in [0, 0.05) is 66.5 Å². The number of likely N-dealkylation sites (tertiary alicyclic amines) is 1. The predicted octanol–water partition coefficient (Wildman–Crippen LogP) is 6.16. The van der Waals surface area contributed by atoms with E-state index >= 15 is 8.78 Å². The lowest BCUT2D eigenvalue weighted by Crippen LogP contribution is -2.53. The van der Waals surface area contributed by atoms with Gasteiger partial charge in [0.2, 0.25) is 0 Å². The lowest BCUT2D eigenvalue weighted by Gasteiger charge is -2.41. The number of fused-ring (bicyclic) bond motifs is 3. The van der Waals surface area contributed by atoms with Gasteiger partial charge in [0.05, 0.1) is 19.1 Å². The molecule has 10 heteroatoms. The van der Waals surface area contributed by atoms with Crippen LogP contribution in [0.5, 0.6) is 5.75 Å². The van der Waals surface area contributed by atoms with Crippen LogP contribution in [0, 0.1) is 11.6 Å². The number of aromatic amines is 1. The molecule has 1 aromatic heterocycles. The fourth-order valence-electron chi connectivity index (χ4n) is 5.57. The second-order valence-electron chi connectivity index (χ2n) is 9.96. The lowest BCUT2D eigenvalue weighted by molar-refractivity contribution is -0.140. The van der Waals surface area contributed by atoms with Crippen molar-refractivity contribution in [2.75, 3.05) is 32.9 Å². The molecule has 37 heavy (non-hydrogen) atoms. The molecule has 0 saturated carbocycles. The number of nitrogens with zero attached hydrogens (tertiary/aromatic N) is 2. The van der Waals surface area contributed by atoms with Gasteiger partial charge in [-0.1, -0.05) is 18.2 Å². The molecule has 0 radical (unpaired) electrons. The van der Waals surface area contributed by atoms with Crippen LogP contribution >= 0.6 is 0 Å². The smallest absolute Gasteiger partial charge is 0.390 e. The molecule has 2 aliphatic heterocycles. The van der Waals surface area contributed by atoms with Gasteiger partial charge in [0.1, 0.15) is 23.5 Å². The summed E-state index contributed by atoms with van der Waals surface area (Å²) in [5, 5.41) is 0.896. The third kappa shape index (κ3) is 5.31. The first-order valence-electron chi connectivity index (χ1n) is 12.5. The van der Waals surface area contributed by atoms with Gasteiger partial charge in [-0.05, 0) is 31.4 Å². The van der Waals surface area contributed by atoms with E-state index in [2.05, 4.69) is 4.98 Å². The van der Waals surface area contributed by atoms with Crippen LogP contribution < -0.4 is 4.74 Å². The van der Waals surface area contributed by atoms with Gasteiger partial charge in [-0.2, -0.15) is 13.2 Å². The summed E-state index contributed by atoms with van der Waals surface area (Å²) in [5.41, 5.74) is 1.84. The van der Waals surface area contributed by atoms with Crippen molar-refractivity contribution < 1.29 is 31.1 Å². The fraction of sp³-hybridized carbons (Fsp3) is 0.481. The largest absolute Gasteiger partial charge is 0.488 e. The first-order chi connectivity index (χ1) is 17.6. The van der Waals surface area contributed by atoms with Crippen LogP contribution in [0.4, 0.5) is 26.3 Å². The van der Waals surface area contributed by atoms with E-state index in [4.69, 9.17) is 4.74 Å². The monoisotopic (exact) mass is 525 g/mol. The predicted molar refractivity (Wildman–Crippen MR) is 128 cm³/mol. The average molecular weight is 526 g/mol. The number of ether oxygens (including phenoxy) is 1. The number of rotatable bonds is 8. The molecular formula is C27H29F6N3O. The van der Waals surface area contributed by atoms with E-state index < -0.39 is 43.5 Å². The molecule has 3 heterocycles. The van der Waals surface area contributed by atoms with Crippen molar-refractivity contribution in [2.45, 2.75) is 50.6 Å². The Kier molecular flexibility index (Phi) is 7.15. The zero-order chi connectivity index (χ0) is 26.3. The van der Waals surface area contributed by atoms with Crippen molar-refractivity contribution in [1.82, 2.24) is 14.8 Å². The van der Waals surface area contributed by atoms with E-state index in [-0.39, 0.29) is 23.5 Å². The van der Waals surface area contributed by atoms with Crippen LogP contribution in [-0.2, 0) is 6.42 Å². The number of nitrogens with one attached hydrogen (secondary N) is 1. The Labute approximate surface area is 211 Å². The van der Waals surface area contributed by atoms with E-state index in [0.717, 1.165) is 28.6 Å². The van der Waals surface area contributed by atoms with Crippen molar-refractivity contribution in [3.63, 3.8) is 0 Å². The zero-order valence-corrected chi connectivity index (χ0v) is 20.4. The quantitative estimate of drug-likeness (QED) is 0.358. The van der Waals surface area contributed by atoms with Crippen LogP contribution in [-0.4, -0.2) is 66.0 Å². The number of hydrogen-bond donors (Lipinski definition) is 1. The molecule has 1 N–H and O–H groups in total. The Morgan fingerprint density at radius 1 is 1.05 bits per heavy atom. The van der Waals surface area contributed by atoms with Crippen molar-refractivity contribution in [3.05, 3.63) is 64.9 Å². The third-order valence-corrected chi connectivity index (χ3v) is 7.33. The Balaban J connectivity index is 1.48. The van der Waals surface area contributed by atoms with Gasteiger partial charge in [0.25, 0.3) is 0 Å². The number of H-pyrrole nitrogens is 1. The van der Waals surface area contributed by atoms with Gasteiger partial charge >= 0.3 is 6.18 Å². The highest BCUT2D eigenvalue weighted by molar-refractivity contribution is 5.85. The number of halogens is 6. The maximum absolute atomic E-state index is 15.6. The Morgan fingerprint density at radius 2 is 1.76 bits per heavy atom. The molecule has 3 aromatic rings. The van der Waals surface area contributed by atoms with E-state index in [1.54, 1.807) is 6.92 Å². The van der Waals surface area contributed by atoms with Crippen LogP contribution in [0.25, 0.3) is 10.9 Å². The summed E-state index contributed by atoms with van der Waals surface area (Å²) in [5.74, 6) is -1.72. The molecule has 2 atom stereocenters. The highest BCUT2D eigenvalue weighted by atomic mass is 19.4. The minimum Gasteiger partial charge on any atom is -0.488 e. The molecule has 0 spiro atoms. The van der Waals surface area contributed by atoms with E-state index in [0.29, 0.717) is 38.2 Å². The van der Waals surface area contributed by atoms with E-state index in [9.17, 15) is 17.6 Å². The summed E-state index contributed by atoms with van der Waals surface area (Å²) in [6.07, 6.45) is -4.87. The Morgan fingerprint density at radius 3 is 2.43 bits per heavy atom. The number of alkyl halides is 4. The van der Waals surface area contributed by atoms with Gasteiger partial charge in [-0.25, -0.2) is 8.78 Å². The van der Waals surface area contributed by atoms with Crippen LogP contribution in [0.1, 0.15) is 42.6 Å². The first-order valence-corrected chi connectivity index (χ1v) is 12.5. The summed E-state index contributed by atoms with van der Waals surface area (Å²) < 4.78 is 88.8. The molecule has 2 aliphatic rings. The summed E-state index contributed by atoms with van der Waals surface area (Å²) in [6.45, 7) is 2.66. The Hall–Kier alpha value is -2.72. The summed E-state index contributed by atoms with van der Waals surface area (Å²) in [4.78, 5) is 6.75. The molecule has 0 aliphatic carbocycles. The Bertz CT molecular complexity index is 1230. The number of hydrogen-bond acceptors (Lipinski definition) is 3. The molecule has 5 rings (SSSR count). The maximum atomic E-state index is 15.6. The normalized spacial score (nSPS) is 21.3. The van der Waals surface area contributed by atoms with E-state index in [1.807, 2.05) is 29.2 Å². The minimum absolute atomic E-state index is 0.0245. The summed E-state index contributed by atoms with van der Waals surface area (Å²) in [6, 6.07) is 8.21. The molecule has 0 amide bonds. The van der Waals surface area contributed by atoms with Crippen LogP contribution in [0.15, 0.2) is 36.4 Å². The zero-order valence-electron chi connectivity index (χ0n) is 20.4. The fourth-order valence-corrected chi connectivity index (χ4v) is 5.57. The van der Waals surface area contributed by atoms with Gasteiger partial charge in [-0.15, -0.1) is 0 Å². The molecular weight excluding hydrogens is 496 g/mol. The molecule has 0 bridgehead atoms. The number of para-hydroxylation sites is 1. The van der Waals surface area contributed by atoms with Gasteiger partial charge in [-0.3, -0.25) is 14.2 Å². The van der Waals surface area contributed by atoms with Crippen LogP contribution in [0.2, 0.25) is 0 Å². The maximum Gasteiger partial charge on any atom is 0.390 e.